The van der Waals surface area contributed by atoms with Gasteiger partial charge in [-0.05, 0) is 61.4 Å². The lowest BCUT2D eigenvalue weighted by atomic mass is 10.1. The summed E-state index contributed by atoms with van der Waals surface area (Å²) in [6.45, 7) is 3.57. The lowest BCUT2D eigenvalue weighted by Gasteiger charge is -2.10. The van der Waals surface area contributed by atoms with Crippen molar-refractivity contribution >= 4 is 17.3 Å². The van der Waals surface area contributed by atoms with Gasteiger partial charge in [-0.1, -0.05) is 0 Å². The van der Waals surface area contributed by atoms with E-state index in [4.69, 9.17) is 5.73 Å². The first-order chi connectivity index (χ1) is 8.97. The summed E-state index contributed by atoms with van der Waals surface area (Å²) in [6, 6.07) is 9.35. The van der Waals surface area contributed by atoms with Gasteiger partial charge in [0.2, 0.25) is 0 Å². The van der Waals surface area contributed by atoms with Gasteiger partial charge in [0.05, 0.1) is 0 Å². The molecule has 2 rings (SSSR count). The summed E-state index contributed by atoms with van der Waals surface area (Å²) in [7, 11) is 0. The van der Waals surface area contributed by atoms with Gasteiger partial charge in [0, 0.05) is 16.9 Å². The largest absolute Gasteiger partial charge is 0.399 e. The molecule has 0 aliphatic rings. The van der Waals surface area contributed by atoms with Crippen LogP contribution in [0.3, 0.4) is 0 Å². The first kappa shape index (κ1) is 13.1. The van der Waals surface area contributed by atoms with Gasteiger partial charge >= 0.3 is 0 Å². The molecule has 3 nitrogen and oxygen atoms in total. The van der Waals surface area contributed by atoms with E-state index in [-0.39, 0.29) is 11.7 Å². The third-order valence-electron chi connectivity index (χ3n) is 2.93. The first-order valence-electron chi connectivity index (χ1n) is 5.91. The van der Waals surface area contributed by atoms with Crippen molar-refractivity contribution < 1.29 is 9.18 Å². The van der Waals surface area contributed by atoms with Crippen LogP contribution in [-0.4, -0.2) is 5.91 Å². The molecule has 0 fully saturated rings. The maximum absolute atomic E-state index is 13.0. The smallest absolute Gasteiger partial charge is 0.255 e. The Hall–Kier alpha value is -2.36. The van der Waals surface area contributed by atoms with Crippen LogP contribution >= 0.6 is 0 Å². The maximum atomic E-state index is 13.0. The maximum Gasteiger partial charge on any atom is 0.255 e. The molecule has 2 aromatic rings. The van der Waals surface area contributed by atoms with Gasteiger partial charge in [-0.25, -0.2) is 4.39 Å². The number of benzene rings is 2. The Morgan fingerprint density at radius 2 is 1.84 bits per heavy atom. The molecule has 1 amide bonds. The molecule has 98 valence electrons. The Bertz CT molecular complexity index is 638. The molecular weight excluding hydrogens is 243 g/mol. The summed E-state index contributed by atoms with van der Waals surface area (Å²) in [4.78, 5) is 12.1. The van der Waals surface area contributed by atoms with E-state index in [0.29, 0.717) is 22.5 Å². The topological polar surface area (TPSA) is 55.1 Å². The molecule has 19 heavy (non-hydrogen) atoms. The second kappa shape index (κ2) is 5.10. The number of nitrogens with two attached hydrogens (primary N) is 1. The average Bonchev–Trinajstić information content (AvgIpc) is 2.32. The monoisotopic (exact) mass is 258 g/mol. The van der Waals surface area contributed by atoms with Crippen LogP contribution in [0.15, 0.2) is 36.4 Å². The predicted molar refractivity (Wildman–Crippen MR) is 74.7 cm³/mol. The number of rotatable bonds is 2. The van der Waals surface area contributed by atoms with Crippen LogP contribution in [0.2, 0.25) is 0 Å². The van der Waals surface area contributed by atoms with Crippen LogP contribution < -0.4 is 11.1 Å². The number of halogens is 1. The molecule has 0 bridgehead atoms. The van der Waals surface area contributed by atoms with E-state index in [9.17, 15) is 9.18 Å². The van der Waals surface area contributed by atoms with Crippen molar-refractivity contribution in [2.45, 2.75) is 13.8 Å². The zero-order valence-corrected chi connectivity index (χ0v) is 10.8. The highest BCUT2D eigenvalue weighted by Crippen LogP contribution is 2.19. The summed E-state index contributed by atoms with van der Waals surface area (Å²) in [6.07, 6.45) is 0. The van der Waals surface area contributed by atoms with Crippen LogP contribution in [0.1, 0.15) is 21.5 Å². The Morgan fingerprint density at radius 3 is 2.47 bits per heavy atom. The highest BCUT2D eigenvalue weighted by molar-refractivity contribution is 6.05. The minimum absolute atomic E-state index is 0.259. The number of nitrogens with one attached hydrogen (secondary N) is 1. The SMILES string of the molecule is Cc1cc(N)ccc1NC(=O)c1ccc(F)cc1C. The highest BCUT2D eigenvalue weighted by Gasteiger charge is 2.11. The molecule has 0 unspecified atom stereocenters. The van der Waals surface area contributed by atoms with Crippen LogP contribution in [0, 0.1) is 19.7 Å². The van der Waals surface area contributed by atoms with Crippen LogP contribution in [0.4, 0.5) is 15.8 Å². The average molecular weight is 258 g/mol. The summed E-state index contributed by atoms with van der Waals surface area (Å²) in [5.74, 6) is -0.608. The van der Waals surface area contributed by atoms with Gasteiger partial charge in [-0.3, -0.25) is 4.79 Å². The molecule has 2 aromatic carbocycles. The lowest BCUT2D eigenvalue weighted by molar-refractivity contribution is 0.102. The van der Waals surface area contributed by atoms with Crippen molar-refractivity contribution in [2.75, 3.05) is 11.1 Å². The van der Waals surface area contributed by atoms with E-state index < -0.39 is 0 Å². The Morgan fingerprint density at radius 1 is 1.11 bits per heavy atom. The van der Waals surface area contributed by atoms with E-state index >= 15 is 0 Å². The quantitative estimate of drug-likeness (QED) is 0.812. The molecule has 0 aliphatic carbocycles. The number of hydrogen-bond donors (Lipinski definition) is 2. The van der Waals surface area contributed by atoms with Crippen molar-refractivity contribution in [2.24, 2.45) is 0 Å². The van der Waals surface area contributed by atoms with E-state index in [1.165, 1.54) is 18.2 Å². The zero-order valence-electron chi connectivity index (χ0n) is 10.8. The molecule has 3 N–H and O–H groups in total. The third-order valence-corrected chi connectivity index (χ3v) is 2.93. The number of aryl methyl sites for hydroxylation is 2. The first-order valence-corrected chi connectivity index (χ1v) is 5.91. The molecule has 0 heterocycles. The van der Waals surface area contributed by atoms with Crippen molar-refractivity contribution in [1.29, 1.82) is 0 Å². The van der Waals surface area contributed by atoms with Crippen molar-refractivity contribution in [3.05, 3.63) is 58.9 Å². The molecule has 0 aliphatic heterocycles. The normalized spacial score (nSPS) is 10.3. The van der Waals surface area contributed by atoms with Crippen LogP contribution in [0.25, 0.3) is 0 Å². The van der Waals surface area contributed by atoms with E-state index in [1.54, 1.807) is 25.1 Å². The minimum atomic E-state index is -0.349. The fourth-order valence-electron chi connectivity index (χ4n) is 1.90. The van der Waals surface area contributed by atoms with Crippen molar-refractivity contribution in [3.8, 4) is 0 Å². The van der Waals surface area contributed by atoms with Crippen LogP contribution in [-0.2, 0) is 0 Å². The van der Waals surface area contributed by atoms with Crippen molar-refractivity contribution in [3.63, 3.8) is 0 Å². The number of hydrogen-bond acceptors (Lipinski definition) is 2. The number of carbonyl (C=O) groups excluding carboxylic acids is 1. The molecule has 0 spiro atoms. The van der Waals surface area contributed by atoms with Gasteiger partial charge in [0.25, 0.3) is 5.91 Å². The second-order valence-electron chi connectivity index (χ2n) is 4.49. The molecular formula is C15H15FN2O. The molecule has 4 heteroatoms. The standard InChI is InChI=1S/C15H15FN2O/c1-9-7-11(16)3-5-13(9)15(19)18-14-6-4-12(17)8-10(14)2/h3-8H,17H2,1-2H3,(H,18,19). The van der Waals surface area contributed by atoms with E-state index in [2.05, 4.69) is 5.32 Å². The fraction of sp³-hybridized carbons (Fsp3) is 0.133. The second-order valence-corrected chi connectivity index (χ2v) is 4.49. The van der Waals surface area contributed by atoms with Gasteiger partial charge in [0.15, 0.2) is 0 Å². The number of anilines is 2. The number of carbonyl (C=O) groups is 1. The summed E-state index contributed by atoms with van der Waals surface area (Å²) in [5, 5.41) is 2.80. The molecule has 0 saturated heterocycles. The van der Waals surface area contributed by atoms with Crippen LogP contribution in [0.5, 0.6) is 0 Å². The van der Waals surface area contributed by atoms with Gasteiger partial charge in [-0.2, -0.15) is 0 Å². The van der Waals surface area contributed by atoms with Gasteiger partial charge in [0.1, 0.15) is 5.82 Å². The lowest BCUT2D eigenvalue weighted by Crippen LogP contribution is -2.14. The Labute approximate surface area is 111 Å². The molecule has 0 aromatic heterocycles. The predicted octanol–water partition coefficient (Wildman–Crippen LogP) is 3.28. The fourth-order valence-corrected chi connectivity index (χ4v) is 1.90. The number of nitrogen functional groups attached to an aromatic ring is 1. The Kier molecular flexibility index (Phi) is 3.51. The third kappa shape index (κ3) is 2.91. The Balaban J connectivity index is 2.25. The van der Waals surface area contributed by atoms with E-state index in [1.807, 2.05) is 6.92 Å². The van der Waals surface area contributed by atoms with E-state index in [0.717, 1.165) is 5.56 Å². The summed E-state index contributed by atoms with van der Waals surface area (Å²) >= 11 is 0. The zero-order chi connectivity index (χ0) is 14.0. The van der Waals surface area contributed by atoms with Crippen molar-refractivity contribution in [1.82, 2.24) is 0 Å². The van der Waals surface area contributed by atoms with Gasteiger partial charge in [-0.15, -0.1) is 0 Å². The molecule has 0 atom stereocenters. The molecule has 0 saturated carbocycles. The summed E-state index contributed by atoms with van der Waals surface area (Å²) in [5.41, 5.74) is 8.94. The molecule has 0 radical (unpaired) electrons. The minimum Gasteiger partial charge on any atom is -0.399 e. The highest BCUT2D eigenvalue weighted by atomic mass is 19.1. The number of amides is 1. The van der Waals surface area contributed by atoms with Gasteiger partial charge < -0.3 is 11.1 Å². The summed E-state index contributed by atoms with van der Waals surface area (Å²) < 4.78 is 13.0.